The molecule has 0 saturated carbocycles. The Labute approximate surface area is 57.9 Å². The van der Waals surface area contributed by atoms with E-state index in [1.807, 2.05) is 0 Å². The van der Waals surface area contributed by atoms with Crippen LogP contribution in [-0.2, 0) is 9.13 Å². The lowest BCUT2D eigenvalue weighted by atomic mass is 11.3. The molecule has 0 aromatic carbocycles. The van der Waals surface area contributed by atoms with E-state index in [9.17, 15) is 4.57 Å². The Bertz CT molecular complexity index is 153. The second-order valence-electron chi connectivity index (χ2n) is 1.02. The summed E-state index contributed by atoms with van der Waals surface area (Å²) in [4.78, 5) is 29.9. The highest BCUT2D eigenvalue weighted by molar-refractivity contribution is 7.55. The zero-order valence-electron chi connectivity index (χ0n) is 4.78. The summed E-state index contributed by atoms with van der Waals surface area (Å²) < 4.78 is 18.3. The van der Waals surface area contributed by atoms with Gasteiger partial charge in [-0.15, -0.1) is 9.79 Å². The van der Waals surface area contributed by atoms with Crippen LogP contribution >= 0.6 is 15.9 Å². The van der Waals surface area contributed by atoms with Gasteiger partial charge in [-0.05, 0) is 0 Å². The van der Waals surface area contributed by atoms with E-state index in [0.29, 0.717) is 5.82 Å². The van der Waals surface area contributed by atoms with Gasteiger partial charge in [0.2, 0.25) is 0 Å². The van der Waals surface area contributed by atoms with Gasteiger partial charge in [-0.1, -0.05) is 6.58 Å². The quantitative estimate of drug-likeness (QED) is 0.429. The van der Waals surface area contributed by atoms with Crippen LogP contribution in [0.4, 0.5) is 0 Å². The van der Waals surface area contributed by atoms with E-state index in [1.165, 1.54) is 0 Å². The van der Waals surface area contributed by atoms with Crippen LogP contribution < -0.4 is 0 Å². The molecule has 0 spiro atoms. The molecule has 0 aliphatic rings. The summed E-state index contributed by atoms with van der Waals surface area (Å²) in [5, 5.41) is 0. The molecular weight excluding hydrogens is 182 g/mol. The Morgan fingerprint density at radius 3 is 1.50 bits per heavy atom. The van der Waals surface area contributed by atoms with Gasteiger partial charge in [0.25, 0.3) is 0 Å². The fourth-order valence-electron chi connectivity index (χ4n) is 0. The number of hydrogen-bond donors (Lipinski definition) is 4. The van der Waals surface area contributed by atoms with Crippen molar-refractivity contribution in [3.63, 3.8) is 0 Å². The Kier molecular flexibility index (Phi) is 7.14. The SMILES string of the molecule is C=CP(=O)(O)O.O=[P+](O)O. The summed E-state index contributed by atoms with van der Waals surface area (Å²) in [7, 11) is -6.75. The minimum absolute atomic E-state index is 0.604. The van der Waals surface area contributed by atoms with Crippen molar-refractivity contribution in [1.29, 1.82) is 0 Å². The van der Waals surface area contributed by atoms with Gasteiger partial charge in [-0.2, -0.15) is 0 Å². The fourth-order valence-corrected chi connectivity index (χ4v) is 0. The van der Waals surface area contributed by atoms with E-state index >= 15 is 0 Å². The van der Waals surface area contributed by atoms with E-state index in [4.69, 9.17) is 24.1 Å². The molecule has 60 valence electrons. The van der Waals surface area contributed by atoms with E-state index in [0.717, 1.165) is 0 Å². The average Bonchev–Trinajstić information content (AvgIpc) is 1.63. The van der Waals surface area contributed by atoms with E-state index in [1.54, 1.807) is 0 Å². The first-order valence-corrected chi connectivity index (χ1v) is 4.68. The van der Waals surface area contributed by atoms with Crippen molar-refractivity contribution in [2.75, 3.05) is 0 Å². The second-order valence-corrected chi connectivity index (χ2v) is 3.07. The van der Waals surface area contributed by atoms with Gasteiger partial charge in [0.1, 0.15) is 0 Å². The molecule has 0 bridgehead atoms. The molecule has 0 radical (unpaired) electrons. The monoisotopic (exact) mass is 189 g/mol. The number of hydrogen-bond acceptors (Lipinski definition) is 2. The first-order valence-electron chi connectivity index (χ1n) is 1.83. The molecule has 0 atom stereocenters. The largest absolute Gasteiger partial charge is 0.692 e. The molecule has 0 saturated heterocycles. The molecule has 0 amide bonds. The Morgan fingerprint density at radius 2 is 1.50 bits per heavy atom. The molecule has 0 fully saturated rings. The molecule has 0 unspecified atom stereocenters. The molecule has 6 nitrogen and oxygen atoms in total. The molecule has 0 rings (SSSR count). The molecule has 0 aromatic rings. The van der Waals surface area contributed by atoms with E-state index in [2.05, 4.69) is 6.58 Å². The second kappa shape index (κ2) is 5.68. The zero-order chi connectivity index (χ0) is 8.78. The van der Waals surface area contributed by atoms with Gasteiger partial charge in [0.15, 0.2) is 0 Å². The zero-order valence-corrected chi connectivity index (χ0v) is 6.57. The molecule has 10 heavy (non-hydrogen) atoms. The standard InChI is InChI=1S/C2H5O3P.HO3P/c1-2-6(3,4)5;1-4(2)3/h2H,1H2,(H2,3,4,5);(H-,1,2,3)/p+1. The summed E-state index contributed by atoms with van der Waals surface area (Å²) in [5.41, 5.74) is 0. The minimum Gasteiger partial charge on any atom is -0.321 e. The lowest BCUT2D eigenvalue weighted by Crippen LogP contribution is -1.63. The Balaban J connectivity index is 0. The third-order valence-electron chi connectivity index (χ3n) is 0.238. The van der Waals surface area contributed by atoms with Crippen molar-refractivity contribution >= 4 is 15.9 Å². The van der Waals surface area contributed by atoms with Crippen molar-refractivity contribution in [3.8, 4) is 0 Å². The molecule has 4 N–H and O–H groups in total. The van der Waals surface area contributed by atoms with Gasteiger partial charge < -0.3 is 9.79 Å². The lowest BCUT2D eigenvalue weighted by molar-refractivity contribution is 0.386. The van der Waals surface area contributed by atoms with Crippen molar-refractivity contribution in [1.82, 2.24) is 0 Å². The third-order valence-corrected chi connectivity index (χ3v) is 0.714. The van der Waals surface area contributed by atoms with Crippen LogP contribution in [0.5, 0.6) is 0 Å². The highest BCUT2D eigenvalue weighted by Gasteiger charge is 2.00. The minimum atomic E-state index is -3.88. The van der Waals surface area contributed by atoms with Crippen molar-refractivity contribution < 1.29 is 28.7 Å². The maximum absolute atomic E-state index is 9.58. The molecule has 0 heterocycles. The van der Waals surface area contributed by atoms with Gasteiger partial charge in [-0.3, -0.25) is 4.57 Å². The summed E-state index contributed by atoms with van der Waals surface area (Å²) in [6.45, 7) is 2.87. The summed E-state index contributed by atoms with van der Waals surface area (Å²) in [6, 6.07) is 0. The predicted octanol–water partition coefficient (Wildman–Crippen LogP) is -0.0640. The van der Waals surface area contributed by atoms with Crippen molar-refractivity contribution in [2.45, 2.75) is 0 Å². The van der Waals surface area contributed by atoms with Crippen LogP contribution in [0.15, 0.2) is 12.4 Å². The summed E-state index contributed by atoms with van der Waals surface area (Å²) >= 11 is 0. The molecule has 0 aliphatic carbocycles. The van der Waals surface area contributed by atoms with Gasteiger partial charge in [-0.25, -0.2) is 0 Å². The first kappa shape index (κ1) is 12.6. The van der Waals surface area contributed by atoms with E-state index in [-0.39, 0.29) is 0 Å². The van der Waals surface area contributed by atoms with Crippen molar-refractivity contribution in [3.05, 3.63) is 12.4 Å². The molecule has 0 aliphatic heterocycles. The van der Waals surface area contributed by atoms with Gasteiger partial charge in [0, 0.05) is 10.4 Å². The fraction of sp³-hybridized carbons (Fsp3) is 0. The highest BCUT2D eigenvalue weighted by atomic mass is 31.2. The van der Waals surface area contributed by atoms with Crippen LogP contribution in [0.3, 0.4) is 0 Å². The maximum Gasteiger partial charge on any atom is 0.692 e. The van der Waals surface area contributed by atoms with E-state index < -0.39 is 15.9 Å². The average molecular weight is 189 g/mol. The first-order chi connectivity index (χ1) is 4.29. The molecule has 8 heteroatoms. The summed E-state index contributed by atoms with van der Waals surface area (Å²) in [6.07, 6.45) is 0. The lowest BCUT2D eigenvalue weighted by Gasteiger charge is -1.87. The normalized spacial score (nSPS) is 9.20. The van der Waals surface area contributed by atoms with Crippen molar-refractivity contribution in [2.24, 2.45) is 0 Å². The smallest absolute Gasteiger partial charge is 0.321 e. The van der Waals surface area contributed by atoms with Crippen LogP contribution in [0.2, 0.25) is 0 Å². The predicted molar refractivity (Wildman–Crippen MR) is 34.3 cm³/mol. The van der Waals surface area contributed by atoms with Crippen LogP contribution in [0.1, 0.15) is 0 Å². The van der Waals surface area contributed by atoms with Gasteiger partial charge >= 0.3 is 15.9 Å². The van der Waals surface area contributed by atoms with Crippen LogP contribution in [-0.4, -0.2) is 19.6 Å². The Hall–Kier alpha value is -0.0900. The summed E-state index contributed by atoms with van der Waals surface area (Å²) in [5.74, 6) is 0.604. The third kappa shape index (κ3) is 44.6. The topological polar surface area (TPSA) is 115 Å². The van der Waals surface area contributed by atoms with Crippen LogP contribution in [0, 0.1) is 0 Å². The van der Waals surface area contributed by atoms with Crippen LogP contribution in [0.25, 0.3) is 0 Å². The number of rotatable bonds is 1. The maximum atomic E-state index is 9.58. The molecular formula is C2H7O6P2+. The van der Waals surface area contributed by atoms with Gasteiger partial charge in [0.05, 0.1) is 0 Å². The molecule has 0 aromatic heterocycles. The Morgan fingerprint density at radius 1 is 1.40 bits per heavy atom. The highest BCUT2D eigenvalue weighted by Crippen LogP contribution is 2.34.